The zero-order valence-corrected chi connectivity index (χ0v) is 9.29. The summed E-state index contributed by atoms with van der Waals surface area (Å²) in [5.74, 6) is 0.320. The van der Waals surface area contributed by atoms with E-state index in [0.29, 0.717) is 5.92 Å². The zero-order chi connectivity index (χ0) is 9.30. The average molecular weight is 281 g/mol. The number of alkyl carbamates (subject to hydrolysis) is 1. The number of carbonyl (C=O) groups excluding carboxylic acids is 1. The largest absolute Gasteiger partial charge is 0.443 e. The summed E-state index contributed by atoms with van der Waals surface area (Å²) in [6.45, 7) is 7.85. The number of carbonyl (C=O) groups is 1. The molecule has 4 heteroatoms. The van der Waals surface area contributed by atoms with Crippen LogP contribution in [0.4, 0.5) is 4.79 Å². The van der Waals surface area contributed by atoms with E-state index >= 15 is 0 Å². The predicted octanol–water partition coefficient (Wildman–Crippen LogP) is 2.07. The molecule has 0 saturated carbocycles. The van der Waals surface area contributed by atoms with Gasteiger partial charge in [0.25, 0.3) is 0 Å². The Bertz CT molecular complexity index is 215. The quantitative estimate of drug-likeness (QED) is 0.787. The molecular formula is C8H12INO2. The Morgan fingerprint density at radius 1 is 1.75 bits per heavy atom. The van der Waals surface area contributed by atoms with Crippen LogP contribution in [0.3, 0.4) is 0 Å². The van der Waals surface area contributed by atoms with Gasteiger partial charge in [0.15, 0.2) is 0 Å². The van der Waals surface area contributed by atoms with Crippen molar-refractivity contribution in [3.05, 3.63) is 10.2 Å². The Hall–Kier alpha value is -0.260. The van der Waals surface area contributed by atoms with Gasteiger partial charge in [-0.15, -0.1) is 0 Å². The van der Waals surface area contributed by atoms with Crippen molar-refractivity contribution in [1.29, 1.82) is 0 Å². The molecule has 1 rings (SSSR count). The maximum absolute atomic E-state index is 10.9. The van der Waals surface area contributed by atoms with E-state index in [-0.39, 0.29) is 18.2 Å². The molecule has 68 valence electrons. The van der Waals surface area contributed by atoms with Gasteiger partial charge < -0.3 is 10.1 Å². The Labute approximate surface area is 85.7 Å². The molecule has 0 unspecified atom stereocenters. The Balaban J connectivity index is 2.72. The first-order chi connectivity index (χ1) is 5.52. The molecule has 1 heterocycles. The molecule has 1 aliphatic rings. The number of hydrogen-bond acceptors (Lipinski definition) is 2. The van der Waals surface area contributed by atoms with Crippen LogP contribution in [-0.2, 0) is 4.74 Å². The number of rotatable bonds is 2. The van der Waals surface area contributed by atoms with Crippen molar-refractivity contribution < 1.29 is 9.53 Å². The van der Waals surface area contributed by atoms with Gasteiger partial charge in [0.1, 0.15) is 6.10 Å². The molecule has 12 heavy (non-hydrogen) atoms. The lowest BCUT2D eigenvalue weighted by Crippen LogP contribution is -2.34. The first-order valence-electron chi connectivity index (χ1n) is 3.84. The van der Waals surface area contributed by atoms with E-state index in [1.165, 1.54) is 0 Å². The van der Waals surface area contributed by atoms with E-state index in [1.807, 2.05) is 13.8 Å². The van der Waals surface area contributed by atoms with E-state index in [4.69, 9.17) is 4.74 Å². The Morgan fingerprint density at radius 3 is 2.67 bits per heavy atom. The number of nitrogens with one attached hydrogen (secondary N) is 1. The van der Waals surface area contributed by atoms with Crippen LogP contribution in [0.15, 0.2) is 10.2 Å². The molecule has 1 aliphatic heterocycles. The Kier molecular flexibility index (Phi) is 2.98. The van der Waals surface area contributed by atoms with E-state index in [0.717, 1.165) is 3.58 Å². The van der Waals surface area contributed by atoms with Crippen LogP contribution in [0.5, 0.6) is 0 Å². The van der Waals surface area contributed by atoms with Crippen LogP contribution in [0.2, 0.25) is 0 Å². The number of hydrogen-bond donors (Lipinski definition) is 1. The third kappa shape index (κ3) is 1.91. The van der Waals surface area contributed by atoms with Crippen LogP contribution in [0.25, 0.3) is 0 Å². The molecule has 0 aromatic rings. The van der Waals surface area contributed by atoms with Crippen LogP contribution >= 0.6 is 22.6 Å². The van der Waals surface area contributed by atoms with Gasteiger partial charge in [-0.2, -0.15) is 0 Å². The van der Waals surface area contributed by atoms with E-state index < -0.39 is 0 Å². The summed E-state index contributed by atoms with van der Waals surface area (Å²) in [6, 6.07) is -0.0295. The first-order valence-corrected chi connectivity index (χ1v) is 4.91. The molecule has 0 aliphatic carbocycles. The smallest absolute Gasteiger partial charge is 0.408 e. The number of amides is 1. The second-order valence-corrected chi connectivity index (χ2v) is 4.57. The Morgan fingerprint density at radius 2 is 2.33 bits per heavy atom. The normalized spacial score (nSPS) is 28.5. The topological polar surface area (TPSA) is 38.3 Å². The summed E-state index contributed by atoms with van der Waals surface area (Å²) in [4.78, 5) is 10.9. The molecule has 0 aromatic heterocycles. The minimum atomic E-state index is -0.337. The summed E-state index contributed by atoms with van der Waals surface area (Å²) in [5, 5.41) is 2.72. The third-order valence-electron chi connectivity index (χ3n) is 1.84. The summed E-state index contributed by atoms with van der Waals surface area (Å²) in [6.07, 6.45) is -0.404. The van der Waals surface area contributed by atoms with Crippen molar-refractivity contribution in [2.24, 2.45) is 5.92 Å². The molecule has 3 nitrogen and oxygen atoms in total. The van der Waals surface area contributed by atoms with Gasteiger partial charge in [-0.1, -0.05) is 20.4 Å². The molecule has 1 amide bonds. The second kappa shape index (κ2) is 3.64. The summed E-state index contributed by atoms with van der Waals surface area (Å²) < 4.78 is 6.00. The van der Waals surface area contributed by atoms with E-state index in [2.05, 4.69) is 34.5 Å². The predicted molar refractivity (Wildman–Crippen MR) is 55.2 cm³/mol. The lowest BCUT2D eigenvalue weighted by Gasteiger charge is -2.18. The monoisotopic (exact) mass is 281 g/mol. The fourth-order valence-electron chi connectivity index (χ4n) is 1.21. The average Bonchev–Trinajstić information content (AvgIpc) is 2.31. The van der Waals surface area contributed by atoms with Gasteiger partial charge in [-0.3, -0.25) is 0 Å². The van der Waals surface area contributed by atoms with Crippen LogP contribution in [-0.4, -0.2) is 18.2 Å². The van der Waals surface area contributed by atoms with Crippen molar-refractivity contribution in [3.8, 4) is 0 Å². The van der Waals surface area contributed by atoms with Gasteiger partial charge in [0, 0.05) is 3.58 Å². The van der Waals surface area contributed by atoms with Gasteiger partial charge >= 0.3 is 6.09 Å². The van der Waals surface area contributed by atoms with Crippen molar-refractivity contribution in [3.63, 3.8) is 0 Å². The molecule has 0 radical (unpaired) electrons. The van der Waals surface area contributed by atoms with Gasteiger partial charge in [0.2, 0.25) is 0 Å². The molecule has 0 spiro atoms. The van der Waals surface area contributed by atoms with E-state index in [1.54, 1.807) is 0 Å². The summed E-state index contributed by atoms with van der Waals surface area (Å²) in [5.41, 5.74) is 0. The maximum atomic E-state index is 10.9. The highest BCUT2D eigenvalue weighted by molar-refractivity contribution is 14.1. The van der Waals surface area contributed by atoms with Crippen molar-refractivity contribution >= 4 is 28.7 Å². The SMILES string of the molecule is C=C(I)[C@@H]1NC(=O)O[C@H]1C(C)C. The standard InChI is InChI=1S/C8H12INO2/c1-4(2)7-6(5(3)9)10-8(11)12-7/h4,6-7H,3H2,1-2H3,(H,10,11)/t6-,7-/m0/s1. The van der Waals surface area contributed by atoms with Crippen molar-refractivity contribution in [1.82, 2.24) is 5.32 Å². The second-order valence-electron chi connectivity index (χ2n) is 3.18. The highest BCUT2D eigenvalue weighted by atomic mass is 127. The molecule has 2 atom stereocenters. The fraction of sp³-hybridized carbons (Fsp3) is 0.625. The minimum absolute atomic E-state index is 0.0295. The first kappa shape index (κ1) is 9.83. The lowest BCUT2D eigenvalue weighted by atomic mass is 10.0. The summed E-state index contributed by atoms with van der Waals surface area (Å²) >= 11 is 2.11. The highest BCUT2D eigenvalue weighted by Crippen LogP contribution is 2.24. The lowest BCUT2D eigenvalue weighted by molar-refractivity contribution is 0.108. The number of halogens is 1. The van der Waals surface area contributed by atoms with Gasteiger partial charge in [-0.05, 0) is 28.5 Å². The van der Waals surface area contributed by atoms with E-state index in [9.17, 15) is 4.79 Å². The highest BCUT2D eigenvalue weighted by Gasteiger charge is 2.36. The third-order valence-corrected chi connectivity index (χ3v) is 2.51. The minimum Gasteiger partial charge on any atom is -0.443 e. The van der Waals surface area contributed by atoms with Gasteiger partial charge in [-0.25, -0.2) is 4.79 Å². The van der Waals surface area contributed by atoms with Crippen molar-refractivity contribution in [2.45, 2.75) is 26.0 Å². The number of ether oxygens (including phenoxy) is 1. The molecule has 0 aromatic carbocycles. The summed E-state index contributed by atoms with van der Waals surface area (Å²) in [7, 11) is 0. The van der Waals surface area contributed by atoms with Crippen LogP contribution in [0, 0.1) is 5.92 Å². The van der Waals surface area contributed by atoms with Crippen LogP contribution < -0.4 is 5.32 Å². The van der Waals surface area contributed by atoms with Gasteiger partial charge in [0.05, 0.1) is 6.04 Å². The number of cyclic esters (lactones) is 1. The molecule has 0 bridgehead atoms. The molecular weight excluding hydrogens is 269 g/mol. The van der Waals surface area contributed by atoms with Crippen molar-refractivity contribution in [2.75, 3.05) is 0 Å². The molecule has 1 saturated heterocycles. The maximum Gasteiger partial charge on any atom is 0.408 e. The zero-order valence-electron chi connectivity index (χ0n) is 7.13. The molecule has 1 N–H and O–H groups in total. The molecule has 1 fully saturated rings. The fourth-order valence-corrected chi connectivity index (χ4v) is 1.72. The van der Waals surface area contributed by atoms with Crippen LogP contribution in [0.1, 0.15) is 13.8 Å².